The third-order valence-corrected chi connectivity index (χ3v) is 4.04. The molecule has 78 valence electrons. The molecule has 2 heteroatoms. The maximum atomic E-state index is 11.8. The lowest BCUT2D eigenvalue weighted by Crippen LogP contribution is -2.43. The quantitative estimate of drug-likeness (QED) is 0.727. The Morgan fingerprint density at radius 1 is 1.00 bits per heavy atom. The molecule has 0 unspecified atom stereocenters. The zero-order chi connectivity index (χ0) is 9.54. The van der Waals surface area contributed by atoms with E-state index < -0.39 is 0 Å². The van der Waals surface area contributed by atoms with Crippen molar-refractivity contribution in [2.24, 2.45) is 17.8 Å². The van der Waals surface area contributed by atoms with E-state index in [1.54, 1.807) is 0 Å². The summed E-state index contributed by atoms with van der Waals surface area (Å²) in [6.07, 6.45) is 8.94. The monoisotopic (exact) mass is 193 g/mol. The Labute approximate surface area is 85.4 Å². The molecule has 3 fully saturated rings. The van der Waals surface area contributed by atoms with Crippen molar-refractivity contribution in [1.29, 1.82) is 0 Å². The minimum absolute atomic E-state index is 0.361. The van der Waals surface area contributed by atoms with Crippen LogP contribution in [-0.2, 0) is 4.79 Å². The molecule has 0 radical (unpaired) electrons. The van der Waals surface area contributed by atoms with E-state index in [0.717, 1.165) is 24.7 Å². The number of hydrogen-bond donors (Lipinski definition) is 1. The van der Waals surface area contributed by atoms with Gasteiger partial charge in [0.15, 0.2) is 0 Å². The molecular weight excluding hydrogens is 174 g/mol. The van der Waals surface area contributed by atoms with Crippen molar-refractivity contribution in [1.82, 2.24) is 5.32 Å². The molecule has 0 aromatic carbocycles. The van der Waals surface area contributed by atoms with Gasteiger partial charge in [0.25, 0.3) is 0 Å². The summed E-state index contributed by atoms with van der Waals surface area (Å²) in [5.41, 5.74) is 0. The summed E-state index contributed by atoms with van der Waals surface area (Å²) < 4.78 is 0. The number of nitrogens with one attached hydrogen (secondary N) is 1. The Kier molecular flexibility index (Phi) is 2.03. The average Bonchev–Trinajstić information content (AvgIpc) is 2.92. The molecule has 0 spiro atoms. The summed E-state index contributed by atoms with van der Waals surface area (Å²) in [5.74, 6) is 2.41. The third kappa shape index (κ3) is 1.67. The summed E-state index contributed by atoms with van der Waals surface area (Å²) >= 11 is 0. The van der Waals surface area contributed by atoms with Crippen LogP contribution in [0.25, 0.3) is 0 Å². The SMILES string of the molecule is O=C(NC(C1CC1)C1CC1)C1CCC1. The highest BCUT2D eigenvalue weighted by molar-refractivity contribution is 5.79. The van der Waals surface area contributed by atoms with E-state index in [0.29, 0.717) is 17.9 Å². The fraction of sp³-hybridized carbons (Fsp3) is 0.917. The van der Waals surface area contributed by atoms with E-state index in [1.807, 2.05) is 0 Å². The number of rotatable bonds is 4. The molecule has 0 heterocycles. The van der Waals surface area contributed by atoms with Gasteiger partial charge >= 0.3 is 0 Å². The molecule has 2 nitrogen and oxygen atoms in total. The van der Waals surface area contributed by atoms with Gasteiger partial charge in [-0.15, -0.1) is 0 Å². The van der Waals surface area contributed by atoms with Crippen LogP contribution in [-0.4, -0.2) is 11.9 Å². The highest BCUT2D eigenvalue weighted by atomic mass is 16.2. The lowest BCUT2D eigenvalue weighted by Gasteiger charge is -2.27. The van der Waals surface area contributed by atoms with Crippen molar-refractivity contribution >= 4 is 5.91 Å². The summed E-state index contributed by atoms with van der Waals surface area (Å²) in [4.78, 5) is 11.8. The predicted octanol–water partition coefficient (Wildman–Crippen LogP) is 2.09. The molecule has 3 rings (SSSR count). The Balaban J connectivity index is 1.54. The second kappa shape index (κ2) is 3.25. The lowest BCUT2D eigenvalue weighted by molar-refractivity contribution is -0.128. The van der Waals surface area contributed by atoms with Gasteiger partial charge in [-0.1, -0.05) is 6.42 Å². The molecule has 1 amide bonds. The third-order valence-electron chi connectivity index (χ3n) is 4.04. The number of carbonyl (C=O) groups excluding carboxylic acids is 1. The molecule has 1 N–H and O–H groups in total. The van der Waals surface area contributed by atoms with Gasteiger partial charge in [0.1, 0.15) is 0 Å². The molecule has 0 bridgehead atoms. The maximum Gasteiger partial charge on any atom is 0.223 e. The van der Waals surface area contributed by atoms with E-state index in [1.165, 1.54) is 32.1 Å². The number of amides is 1. The Hall–Kier alpha value is -0.530. The molecule has 3 saturated carbocycles. The first-order valence-electron chi connectivity index (χ1n) is 6.15. The van der Waals surface area contributed by atoms with Gasteiger partial charge < -0.3 is 5.32 Å². The van der Waals surface area contributed by atoms with Crippen molar-refractivity contribution in [3.63, 3.8) is 0 Å². The first-order chi connectivity index (χ1) is 6.84. The molecule has 0 saturated heterocycles. The normalized spacial score (nSPS) is 27.5. The van der Waals surface area contributed by atoms with Crippen LogP contribution in [0.3, 0.4) is 0 Å². The molecule has 0 aliphatic heterocycles. The van der Waals surface area contributed by atoms with Crippen LogP contribution >= 0.6 is 0 Å². The van der Waals surface area contributed by atoms with Gasteiger partial charge in [-0.25, -0.2) is 0 Å². The Bertz CT molecular complexity index is 227. The highest BCUT2D eigenvalue weighted by Crippen LogP contribution is 2.44. The van der Waals surface area contributed by atoms with Crippen molar-refractivity contribution in [3.8, 4) is 0 Å². The molecule has 0 aromatic heterocycles. The second-order valence-electron chi connectivity index (χ2n) is 5.34. The van der Waals surface area contributed by atoms with Crippen LogP contribution in [0.4, 0.5) is 0 Å². The van der Waals surface area contributed by atoms with Gasteiger partial charge in [0.05, 0.1) is 0 Å². The lowest BCUT2D eigenvalue weighted by atomic mass is 9.84. The zero-order valence-electron chi connectivity index (χ0n) is 8.67. The molecule has 0 atom stereocenters. The second-order valence-corrected chi connectivity index (χ2v) is 5.34. The van der Waals surface area contributed by atoms with Crippen LogP contribution in [0.1, 0.15) is 44.9 Å². The van der Waals surface area contributed by atoms with Gasteiger partial charge in [-0.2, -0.15) is 0 Å². The van der Waals surface area contributed by atoms with Crippen LogP contribution in [0.5, 0.6) is 0 Å². The van der Waals surface area contributed by atoms with E-state index in [-0.39, 0.29) is 0 Å². The van der Waals surface area contributed by atoms with Crippen LogP contribution in [0.15, 0.2) is 0 Å². The highest BCUT2D eigenvalue weighted by Gasteiger charge is 2.43. The largest absolute Gasteiger partial charge is 0.353 e. The van der Waals surface area contributed by atoms with Gasteiger partial charge in [-0.05, 0) is 50.4 Å². The minimum Gasteiger partial charge on any atom is -0.353 e. The van der Waals surface area contributed by atoms with Crippen LogP contribution in [0.2, 0.25) is 0 Å². The van der Waals surface area contributed by atoms with Crippen molar-refractivity contribution in [2.75, 3.05) is 0 Å². The van der Waals surface area contributed by atoms with Crippen molar-refractivity contribution in [2.45, 2.75) is 51.0 Å². The first-order valence-corrected chi connectivity index (χ1v) is 6.15. The fourth-order valence-electron chi connectivity index (χ4n) is 2.48. The fourth-order valence-corrected chi connectivity index (χ4v) is 2.48. The Morgan fingerprint density at radius 3 is 1.93 bits per heavy atom. The molecule has 3 aliphatic carbocycles. The van der Waals surface area contributed by atoms with E-state index in [4.69, 9.17) is 0 Å². The minimum atomic E-state index is 0.361. The van der Waals surface area contributed by atoms with Crippen LogP contribution in [0, 0.1) is 17.8 Å². The smallest absolute Gasteiger partial charge is 0.223 e. The zero-order valence-corrected chi connectivity index (χ0v) is 8.67. The maximum absolute atomic E-state index is 11.8. The van der Waals surface area contributed by atoms with Gasteiger partial charge in [-0.3, -0.25) is 4.79 Å². The summed E-state index contributed by atoms with van der Waals surface area (Å²) in [5, 5.41) is 3.30. The molecule has 0 aromatic rings. The summed E-state index contributed by atoms with van der Waals surface area (Å²) in [6, 6.07) is 0.558. The van der Waals surface area contributed by atoms with Crippen molar-refractivity contribution < 1.29 is 4.79 Å². The standard InChI is InChI=1S/C12H19NO/c14-12(10-2-1-3-10)13-11(8-4-5-8)9-6-7-9/h8-11H,1-7H2,(H,13,14). The predicted molar refractivity (Wildman–Crippen MR) is 54.7 cm³/mol. The first kappa shape index (κ1) is 8.75. The van der Waals surface area contributed by atoms with Crippen molar-refractivity contribution in [3.05, 3.63) is 0 Å². The summed E-state index contributed by atoms with van der Waals surface area (Å²) in [7, 11) is 0. The van der Waals surface area contributed by atoms with Gasteiger partial charge in [0.2, 0.25) is 5.91 Å². The molecule has 14 heavy (non-hydrogen) atoms. The number of hydrogen-bond acceptors (Lipinski definition) is 1. The number of carbonyl (C=O) groups is 1. The van der Waals surface area contributed by atoms with Gasteiger partial charge in [0, 0.05) is 12.0 Å². The van der Waals surface area contributed by atoms with E-state index in [9.17, 15) is 4.79 Å². The van der Waals surface area contributed by atoms with Crippen LogP contribution < -0.4 is 5.32 Å². The molecule has 3 aliphatic rings. The van der Waals surface area contributed by atoms with E-state index >= 15 is 0 Å². The molecular formula is C12H19NO. The summed E-state index contributed by atoms with van der Waals surface area (Å²) in [6.45, 7) is 0. The average molecular weight is 193 g/mol. The topological polar surface area (TPSA) is 29.1 Å². The van der Waals surface area contributed by atoms with E-state index in [2.05, 4.69) is 5.32 Å². The Morgan fingerprint density at radius 2 is 1.57 bits per heavy atom.